The number of halogens is 3. The first-order chi connectivity index (χ1) is 13.9. The Hall–Kier alpha value is -3.19. The summed E-state index contributed by atoms with van der Waals surface area (Å²) in [7, 11) is 0. The smallest absolute Gasteiger partial charge is 0.311 e. The summed E-state index contributed by atoms with van der Waals surface area (Å²) in [5.74, 6) is -1.15. The number of carbonyl (C=O) groups is 1. The van der Waals surface area contributed by atoms with Crippen LogP contribution in [0.3, 0.4) is 0 Å². The molecule has 2 heterocycles. The van der Waals surface area contributed by atoms with Gasteiger partial charge in [0.25, 0.3) is 5.91 Å². The Labute approximate surface area is 166 Å². The number of aromatic nitrogens is 1. The number of nitrogens with one attached hydrogen (secondary N) is 2. The lowest BCUT2D eigenvalue weighted by molar-refractivity contribution is -0.146. The predicted molar refractivity (Wildman–Crippen MR) is 105 cm³/mol. The number of benzene rings is 2. The van der Waals surface area contributed by atoms with Crippen molar-refractivity contribution < 1.29 is 18.0 Å². The molecule has 0 radical (unpaired) electrons. The van der Waals surface area contributed by atoms with E-state index in [9.17, 15) is 18.0 Å². The van der Waals surface area contributed by atoms with Crippen molar-refractivity contribution in [3.63, 3.8) is 0 Å². The number of alkyl halides is 3. The van der Waals surface area contributed by atoms with Crippen molar-refractivity contribution in [1.29, 1.82) is 0 Å². The van der Waals surface area contributed by atoms with Crippen LogP contribution < -0.4 is 10.6 Å². The minimum atomic E-state index is -4.67. The van der Waals surface area contributed by atoms with Gasteiger partial charge in [0.2, 0.25) is 0 Å². The molecule has 0 saturated carbocycles. The molecular formula is C22H20F3N3O. The third kappa shape index (κ3) is 5.89. The van der Waals surface area contributed by atoms with Gasteiger partial charge in [-0.25, -0.2) is 0 Å². The summed E-state index contributed by atoms with van der Waals surface area (Å²) in [6, 6.07) is 19.9. The second-order valence-electron chi connectivity index (χ2n) is 6.39. The van der Waals surface area contributed by atoms with Crippen molar-refractivity contribution in [2.24, 2.45) is 0 Å². The molecule has 0 saturated heterocycles. The lowest BCUT2D eigenvalue weighted by Crippen LogP contribution is -2.37. The highest BCUT2D eigenvalue weighted by Gasteiger charge is 2.30. The minimum Gasteiger partial charge on any atom is -0.311 e. The van der Waals surface area contributed by atoms with Gasteiger partial charge < -0.3 is 5.32 Å². The van der Waals surface area contributed by atoms with Crippen LogP contribution in [0.2, 0.25) is 0 Å². The van der Waals surface area contributed by atoms with E-state index in [-0.39, 0.29) is 5.56 Å². The van der Waals surface area contributed by atoms with Crippen molar-refractivity contribution in [2.75, 3.05) is 6.54 Å². The molecule has 0 aliphatic carbocycles. The molecule has 1 aliphatic rings. The lowest BCUT2D eigenvalue weighted by Gasteiger charge is -2.19. The Balaban J connectivity index is 0.000000170. The number of hydrogen-bond acceptors (Lipinski definition) is 3. The Bertz CT molecular complexity index is 945. The Morgan fingerprint density at radius 1 is 0.966 bits per heavy atom. The van der Waals surface area contributed by atoms with Crippen LogP contribution in [0, 0.1) is 0 Å². The molecule has 150 valence electrons. The molecule has 29 heavy (non-hydrogen) atoms. The summed E-state index contributed by atoms with van der Waals surface area (Å²) >= 11 is 0. The van der Waals surface area contributed by atoms with Gasteiger partial charge in [0, 0.05) is 18.3 Å². The molecule has 1 aliphatic heterocycles. The second-order valence-corrected chi connectivity index (χ2v) is 6.39. The van der Waals surface area contributed by atoms with Crippen LogP contribution in [-0.4, -0.2) is 23.7 Å². The normalized spacial score (nSPS) is 12.9. The number of rotatable bonds is 2. The first kappa shape index (κ1) is 20.5. The molecule has 0 bridgehead atoms. The maximum atomic E-state index is 11.7. The number of carbonyl (C=O) groups excluding carboxylic acids is 1. The summed E-state index contributed by atoms with van der Waals surface area (Å²) in [6.45, 7) is 1.95. The van der Waals surface area contributed by atoms with E-state index in [0.717, 1.165) is 24.8 Å². The van der Waals surface area contributed by atoms with Gasteiger partial charge >= 0.3 is 6.30 Å². The third-order valence-electron chi connectivity index (χ3n) is 4.37. The summed E-state index contributed by atoms with van der Waals surface area (Å²) in [5.41, 5.74) is 5.23. The number of pyridine rings is 1. The van der Waals surface area contributed by atoms with Crippen molar-refractivity contribution in [2.45, 2.75) is 19.3 Å². The largest absolute Gasteiger partial charge is 0.484 e. The van der Waals surface area contributed by atoms with E-state index in [1.807, 2.05) is 6.20 Å². The summed E-state index contributed by atoms with van der Waals surface area (Å²) in [5, 5.41) is 4.25. The van der Waals surface area contributed by atoms with E-state index in [2.05, 4.69) is 46.7 Å². The van der Waals surface area contributed by atoms with E-state index in [1.54, 1.807) is 6.07 Å². The predicted octanol–water partition coefficient (Wildman–Crippen LogP) is 4.33. The van der Waals surface area contributed by atoms with Crippen LogP contribution in [0.1, 0.15) is 21.6 Å². The van der Waals surface area contributed by atoms with Crippen molar-refractivity contribution >= 4 is 5.91 Å². The molecule has 3 aromatic rings. The first-order valence-electron chi connectivity index (χ1n) is 9.11. The molecule has 7 heteroatoms. The van der Waals surface area contributed by atoms with Gasteiger partial charge in [0.15, 0.2) is 0 Å². The Kier molecular flexibility index (Phi) is 6.61. The van der Waals surface area contributed by atoms with Gasteiger partial charge in [-0.15, -0.1) is 0 Å². The zero-order valence-electron chi connectivity index (χ0n) is 15.5. The van der Waals surface area contributed by atoms with E-state index >= 15 is 0 Å². The molecule has 0 spiro atoms. The molecule has 2 aromatic carbocycles. The highest BCUT2D eigenvalue weighted by Crippen LogP contribution is 2.26. The topological polar surface area (TPSA) is 54.0 Å². The fraction of sp³-hybridized carbons (Fsp3) is 0.182. The first-order valence-corrected chi connectivity index (χ1v) is 9.11. The van der Waals surface area contributed by atoms with Crippen LogP contribution in [-0.2, 0) is 13.0 Å². The SMILES string of the molecule is O=C(NC(F)(F)F)c1ccccc1.c1ccc(-c2ccnc3c2CCNC3)cc1. The van der Waals surface area contributed by atoms with Crippen molar-refractivity contribution in [1.82, 2.24) is 15.6 Å². The van der Waals surface area contributed by atoms with E-state index in [4.69, 9.17) is 0 Å². The number of fused-ring (bicyclic) bond motifs is 1. The summed E-state index contributed by atoms with van der Waals surface area (Å²) < 4.78 is 35.0. The van der Waals surface area contributed by atoms with Crippen molar-refractivity contribution in [3.05, 3.63) is 89.7 Å². The van der Waals surface area contributed by atoms with E-state index in [0.29, 0.717) is 0 Å². The monoisotopic (exact) mass is 399 g/mol. The lowest BCUT2D eigenvalue weighted by atomic mass is 9.95. The van der Waals surface area contributed by atoms with Crippen molar-refractivity contribution in [3.8, 4) is 11.1 Å². The van der Waals surface area contributed by atoms with Gasteiger partial charge in [0.1, 0.15) is 0 Å². The quantitative estimate of drug-likeness (QED) is 0.631. The van der Waals surface area contributed by atoms with Crippen LogP contribution in [0.25, 0.3) is 11.1 Å². The van der Waals surface area contributed by atoms with Gasteiger partial charge in [-0.3, -0.25) is 15.1 Å². The standard InChI is InChI=1S/C14H14N2.C8H6F3NO/c1-2-4-11(5-3-1)12-7-9-16-14-10-15-8-6-13(12)14;9-8(10,11)12-7(13)6-4-2-1-3-5-6/h1-5,7,9,15H,6,8,10H2;1-5H,(H,12,13). The molecular weight excluding hydrogens is 379 g/mol. The van der Waals surface area contributed by atoms with Crippen LogP contribution >= 0.6 is 0 Å². The Morgan fingerprint density at radius 2 is 1.62 bits per heavy atom. The highest BCUT2D eigenvalue weighted by atomic mass is 19.4. The van der Waals surface area contributed by atoms with Crippen LogP contribution in [0.4, 0.5) is 13.2 Å². The molecule has 4 nitrogen and oxygen atoms in total. The molecule has 1 aromatic heterocycles. The maximum Gasteiger partial charge on any atom is 0.484 e. The molecule has 1 amide bonds. The van der Waals surface area contributed by atoms with Gasteiger partial charge in [0.05, 0.1) is 5.69 Å². The number of amides is 1. The summed E-state index contributed by atoms with van der Waals surface area (Å²) in [6.07, 6.45) is -1.69. The maximum absolute atomic E-state index is 11.7. The van der Waals surface area contributed by atoms with Gasteiger partial charge in [-0.05, 0) is 47.9 Å². The highest BCUT2D eigenvalue weighted by molar-refractivity contribution is 5.94. The molecule has 0 fully saturated rings. The number of hydrogen-bond donors (Lipinski definition) is 2. The Morgan fingerprint density at radius 3 is 2.28 bits per heavy atom. The minimum absolute atomic E-state index is 0.0141. The third-order valence-corrected chi connectivity index (χ3v) is 4.37. The zero-order chi connectivity index (χ0) is 20.7. The van der Waals surface area contributed by atoms with Crippen LogP contribution in [0.15, 0.2) is 72.9 Å². The van der Waals surface area contributed by atoms with E-state index in [1.165, 1.54) is 46.6 Å². The molecule has 0 atom stereocenters. The summed E-state index contributed by atoms with van der Waals surface area (Å²) in [4.78, 5) is 15.3. The van der Waals surface area contributed by atoms with Gasteiger partial charge in [-0.1, -0.05) is 48.5 Å². The molecule has 2 N–H and O–H groups in total. The fourth-order valence-electron chi connectivity index (χ4n) is 3.07. The van der Waals surface area contributed by atoms with E-state index < -0.39 is 12.2 Å². The average Bonchev–Trinajstić information content (AvgIpc) is 2.74. The second kappa shape index (κ2) is 9.34. The number of nitrogens with zero attached hydrogens (tertiary/aromatic N) is 1. The van der Waals surface area contributed by atoms with Crippen LogP contribution in [0.5, 0.6) is 0 Å². The average molecular weight is 399 g/mol. The molecule has 0 unspecified atom stereocenters. The molecule has 4 rings (SSSR count). The fourth-order valence-corrected chi connectivity index (χ4v) is 3.07. The van der Waals surface area contributed by atoms with Gasteiger partial charge in [-0.2, -0.15) is 13.2 Å². The zero-order valence-corrected chi connectivity index (χ0v) is 15.5.